The molecule has 6 heteroatoms. The highest BCUT2D eigenvalue weighted by atomic mass is 35.5. The number of methoxy groups -OCH3 is 1. The maximum absolute atomic E-state index is 8.72. The van der Waals surface area contributed by atoms with Crippen LogP contribution in [-0.4, -0.2) is 34.8 Å². The Balaban J connectivity index is 2.64. The zero-order valence-corrected chi connectivity index (χ0v) is 10.2. The SMILES string of the molecule is COc1ncc(Cl)c(NC(C)CCCO)n1. The number of hydrogen-bond donors (Lipinski definition) is 2. The molecule has 1 heterocycles. The highest BCUT2D eigenvalue weighted by molar-refractivity contribution is 6.32. The van der Waals surface area contributed by atoms with Crippen LogP contribution in [0.25, 0.3) is 0 Å². The van der Waals surface area contributed by atoms with Gasteiger partial charge in [-0.3, -0.25) is 0 Å². The molecule has 0 aliphatic heterocycles. The van der Waals surface area contributed by atoms with E-state index in [4.69, 9.17) is 21.4 Å². The third-order valence-corrected chi connectivity index (χ3v) is 2.36. The molecule has 2 N–H and O–H groups in total. The maximum atomic E-state index is 8.72. The Kier molecular flexibility index (Phi) is 5.28. The van der Waals surface area contributed by atoms with Crippen LogP contribution in [0.1, 0.15) is 19.8 Å². The van der Waals surface area contributed by atoms with Crippen molar-refractivity contribution < 1.29 is 9.84 Å². The summed E-state index contributed by atoms with van der Waals surface area (Å²) in [4.78, 5) is 7.98. The van der Waals surface area contributed by atoms with Gasteiger partial charge in [-0.2, -0.15) is 4.98 Å². The van der Waals surface area contributed by atoms with Crippen molar-refractivity contribution in [2.75, 3.05) is 19.0 Å². The van der Waals surface area contributed by atoms with Crippen LogP contribution in [0.3, 0.4) is 0 Å². The summed E-state index contributed by atoms with van der Waals surface area (Å²) in [6.07, 6.45) is 3.08. The fourth-order valence-corrected chi connectivity index (χ4v) is 1.40. The number of aromatic nitrogens is 2. The fraction of sp³-hybridized carbons (Fsp3) is 0.600. The zero-order chi connectivity index (χ0) is 12.0. The van der Waals surface area contributed by atoms with Crippen molar-refractivity contribution in [3.8, 4) is 6.01 Å². The first-order chi connectivity index (χ1) is 7.67. The highest BCUT2D eigenvalue weighted by Gasteiger charge is 2.08. The largest absolute Gasteiger partial charge is 0.467 e. The first-order valence-electron chi connectivity index (χ1n) is 5.11. The van der Waals surface area contributed by atoms with Gasteiger partial charge in [-0.15, -0.1) is 0 Å². The second-order valence-corrected chi connectivity index (χ2v) is 3.87. The molecule has 90 valence electrons. The zero-order valence-electron chi connectivity index (χ0n) is 9.40. The first kappa shape index (κ1) is 13.0. The van der Waals surface area contributed by atoms with E-state index < -0.39 is 0 Å². The van der Waals surface area contributed by atoms with Gasteiger partial charge >= 0.3 is 6.01 Å². The monoisotopic (exact) mass is 245 g/mol. The Morgan fingerprint density at radius 1 is 1.62 bits per heavy atom. The van der Waals surface area contributed by atoms with Crippen LogP contribution in [-0.2, 0) is 0 Å². The van der Waals surface area contributed by atoms with Crippen LogP contribution < -0.4 is 10.1 Å². The van der Waals surface area contributed by atoms with Crippen LogP contribution in [0.2, 0.25) is 5.02 Å². The molecule has 1 atom stereocenters. The number of nitrogens with one attached hydrogen (secondary N) is 1. The van der Waals surface area contributed by atoms with Crippen molar-refractivity contribution in [2.24, 2.45) is 0 Å². The number of ether oxygens (including phenoxy) is 1. The highest BCUT2D eigenvalue weighted by Crippen LogP contribution is 2.21. The van der Waals surface area contributed by atoms with Crippen molar-refractivity contribution >= 4 is 17.4 Å². The molecule has 0 aromatic carbocycles. The number of aliphatic hydroxyl groups is 1. The Labute approximate surface area is 99.8 Å². The molecule has 0 aliphatic carbocycles. The molecule has 1 rings (SSSR count). The minimum Gasteiger partial charge on any atom is -0.467 e. The van der Waals surface area contributed by atoms with E-state index in [1.165, 1.54) is 13.3 Å². The van der Waals surface area contributed by atoms with E-state index in [0.29, 0.717) is 10.8 Å². The molecule has 0 fully saturated rings. The molecule has 0 aliphatic rings. The molecule has 0 saturated heterocycles. The second-order valence-electron chi connectivity index (χ2n) is 3.46. The van der Waals surface area contributed by atoms with Gasteiger partial charge in [0, 0.05) is 12.6 Å². The predicted molar refractivity (Wildman–Crippen MR) is 63.0 cm³/mol. The third-order valence-electron chi connectivity index (χ3n) is 2.08. The third kappa shape index (κ3) is 3.83. The minimum atomic E-state index is 0.184. The van der Waals surface area contributed by atoms with Crippen LogP contribution >= 0.6 is 11.6 Å². The van der Waals surface area contributed by atoms with Crippen molar-refractivity contribution in [1.29, 1.82) is 0 Å². The van der Waals surface area contributed by atoms with E-state index in [-0.39, 0.29) is 18.7 Å². The average Bonchev–Trinajstić information content (AvgIpc) is 2.29. The van der Waals surface area contributed by atoms with E-state index in [2.05, 4.69) is 15.3 Å². The number of halogens is 1. The quantitative estimate of drug-likeness (QED) is 0.799. The smallest absolute Gasteiger partial charge is 0.318 e. The van der Waals surface area contributed by atoms with Crippen LogP contribution in [0.15, 0.2) is 6.20 Å². The summed E-state index contributed by atoms with van der Waals surface area (Å²) in [5.74, 6) is 0.555. The lowest BCUT2D eigenvalue weighted by molar-refractivity contribution is 0.282. The molecule has 16 heavy (non-hydrogen) atoms. The summed E-state index contributed by atoms with van der Waals surface area (Å²) in [5.41, 5.74) is 0. The van der Waals surface area contributed by atoms with E-state index in [0.717, 1.165) is 12.8 Å². The van der Waals surface area contributed by atoms with Crippen LogP contribution in [0.4, 0.5) is 5.82 Å². The molecule has 1 aromatic rings. The standard InChI is InChI=1S/C10H16ClN3O2/c1-7(4-3-5-15)13-9-8(11)6-12-10(14-9)16-2/h6-7,15H,3-5H2,1-2H3,(H,12,13,14). The lowest BCUT2D eigenvalue weighted by Crippen LogP contribution is -2.17. The van der Waals surface area contributed by atoms with Gasteiger partial charge in [0.05, 0.1) is 13.3 Å². The Morgan fingerprint density at radius 3 is 3.00 bits per heavy atom. The molecule has 0 radical (unpaired) electrons. The van der Waals surface area contributed by atoms with E-state index in [1.807, 2.05) is 6.92 Å². The van der Waals surface area contributed by atoms with E-state index in [9.17, 15) is 0 Å². The number of rotatable bonds is 6. The summed E-state index contributed by atoms with van der Waals surface area (Å²) in [6, 6.07) is 0.463. The minimum absolute atomic E-state index is 0.184. The molecular formula is C10H16ClN3O2. The van der Waals surface area contributed by atoms with Crippen molar-refractivity contribution in [3.05, 3.63) is 11.2 Å². The molecule has 0 spiro atoms. The van der Waals surface area contributed by atoms with Crippen LogP contribution in [0.5, 0.6) is 6.01 Å². The maximum Gasteiger partial charge on any atom is 0.318 e. The average molecular weight is 246 g/mol. The molecule has 1 unspecified atom stereocenters. The molecule has 0 bridgehead atoms. The Hall–Kier alpha value is -1.07. The number of nitrogens with zero attached hydrogens (tertiary/aromatic N) is 2. The number of anilines is 1. The van der Waals surface area contributed by atoms with Crippen molar-refractivity contribution in [1.82, 2.24) is 9.97 Å². The number of hydrogen-bond acceptors (Lipinski definition) is 5. The summed E-state index contributed by atoms with van der Waals surface area (Å²) in [6.45, 7) is 2.19. The molecule has 5 nitrogen and oxygen atoms in total. The Bertz CT molecular complexity index is 336. The van der Waals surface area contributed by atoms with Crippen molar-refractivity contribution in [3.63, 3.8) is 0 Å². The van der Waals surface area contributed by atoms with Gasteiger partial charge in [0.2, 0.25) is 0 Å². The first-order valence-corrected chi connectivity index (χ1v) is 5.49. The second kappa shape index (κ2) is 6.50. The van der Waals surface area contributed by atoms with Gasteiger partial charge in [-0.25, -0.2) is 4.98 Å². The van der Waals surface area contributed by atoms with Gasteiger partial charge in [-0.1, -0.05) is 11.6 Å². The number of aliphatic hydroxyl groups excluding tert-OH is 1. The molecule has 0 amide bonds. The molecular weight excluding hydrogens is 230 g/mol. The summed E-state index contributed by atoms with van der Waals surface area (Å²) >= 11 is 5.94. The lowest BCUT2D eigenvalue weighted by atomic mass is 10.2. The summed E-state index contributed by atoms with van der Waals surface area (Å²) < 4.78 is 4.91. The van der Waals surface area contributed by atoms with E-state index in [1.54, 1.807) is 0 Å². The molecule has 1 aromatic heterocycles. The van der Waals surface area contributed by atoms with Crippen molar-refractivity contribution in [2.45, 2.75) is 25.8 Å². The Morgan fingerprint density at radius 2 is 2.38 bits per heavy atom. The predicted octanol–water partition coefficient (Wildman–Crippen LogP) is 1.71. The van der Waals surface area contributed by atoms with Crippen LogP contribution in [0, 0.1) is 0 Å². The topological polar surface area (TPSA) is 67.3 Å². The van der Waals surface area contributed by atoms with Gasteiger partial charge in [0.15, 0.2) is 5.82 Å². The van der Waals surface area contributed by atoms with Gasteiger partial charge in [-0.05, 0) is 19.8 Å². The van der Waals surface area contributed by atoms with Gasteiger partial charge < -0.3 is 15.2 Å². The summed E-state index contributed by atoms with van der Waals surface area (Å²) in [5, 5.41) is 12.3. The lowest BCUT2D eigenvalue weighted by Gasteiger charge is -2.14. The van der Waals surface area contributed by atoms with E-state index >= 15 is 0 Å². The van der Waals surface area contributed by atoms with Gasteiger partial charge in [0.25, 0.3) is 0 Å². The van der Waals surface area contributed by atoms with Gasteiger partial charge in [0.1, 0.15) is 5.02 Å². The fourth-order valence-electron chi connectivity index (χ4n) is 1.25. The normalized spacial score (nSPS) is 12.2. The molecule has 0 saturated carbocycles. The summed E-state index contributed by atoms with van der Waals surface area (Å²) in [7, 11) is 1.50.